The molecule has 3 heteroatoms. The van der Waals surface area contributed by atoms with Crippen molar-refractivity contribution < 1.29 is 5.11 Å². The summed E-state index contributed by atoms with van der Waals surface area (Å²) in [5.74, 6) is 0. The smallest absolute Gasteiger partial charge is 0.0835 e. The molecule has 0 aliphatic carbocycles. The normalized spacial score (nSPS) is 12.5. The molecule has 0 saturated carbocycles. The topological polar surface area (TPSA) is 20.2 Å². The zero-order valence-corrected chi connectivity index (χ0v) is 9.92. The lowest BCUT2D eigenvalue weighted by molar-refractivity contribution is 0.181. The predicted octanol–water partition coefficient (Wildman–Crippen LogP) is 3.55. The summed E-state index contributed by atoms with van der Waals surface area (Å²) < 4.78 is 1.02. The highest BCUT2D eigenvalue weighted by Gasteiger charge is 2.09. The monoisotopic (exact) mass is 308 g/mol. The maximum absolute atomic E-state index is 9.69. The quantitative estimate of drug-likeness (QED) is 0.669. The standard InChI is InChI=1S/C10H10ClIO/c1-2-3-10(13)8-6-7(11)4-5-9(8)12/h2,4-6,10,13H,1,3H2. The third kappa shape index (κ3) is 2.97. The van der Waals surface area contributed by atoms with E-state index in [2.05, 4.69) is 29.2 Å². The molecule has 0 radical (unpaired) electrons. The Bertz CT molecular complexity index is 312. The van der Waals surface area contributed by atoms with Crippen molar-refractivity contribution in [1.29, 1.82) is 0 Å². The molecular formula is C10H10ClIO. The highest BCUT2D eigenvalue weighted by Crippen LogP contribution is 2.25. The van der Waals surface area contributed by atoms with Crippen LogP contribution in [-0.2, 0) is 0 Å². The Morgan fingerprint density at radius 2 is 2.31 bits per heavy atom. The first-order chi connectivity index (χ1) is 6.15. The molecule has 1 N–H and O–H groups in total. The van der Waals surface area contributed by atoms with Crippen molar-refractivity contribution in [3.63, 3.8) is 0 Å². The van der Waals surface area contributed by atoms with Gasteiger partial charge in [0, 0.05) is 8.59 Å². The molecule has 0 bridgehead atoms. The summed E-state index contributed by atoms with van der Waals surface area (Å²) in [6.07, 6.45) is 1.75. The minimum absolute atomic E-state index is 0.497. The number of hydrogen-bond acceptors (Lipinski definition) is 1. The minimum atomic E-state index is -0.497. The first-order valence-corrected chi connectivity index (χ1v) is 5.34. The Kier molecular flexibility index (Phi) is 4.22. The molecule has 1 nitrogen and oxygen atoms in total. The van der Waals surface area contributed by atoms with Crippen LogP contribution in [0.5, 0.6) is 0 Å². The maximum Gasteiger partial charge on any atom is 0.0835 e. The molecule has 70 valence electrons. The summed E-state index contributed by atoms with van der Waals surface area (Å²) in [5.41, 5.74) is 0.869. The molecule has 13 heavy (non-hydrogen) atoms. The number of aliphatic hydroxyl groups excluding tert-OH is 1. The highest BCUT2D eigenvalue weighted by atomic mass is 127. The van der Waals surface area contributed by atoms with E-state index in [4.69, 9.17) is 11.6 Å². The number of rotatable bonds is 3. The molecule has 0 heterocycles. The average Bonchev–Trinajstić information content (AvgIpc) is 2.09. The fourth-order valence-electron chi connectivity index (χ4n) is 1.05. The largest absolute Gasteiger partial charge is 0.388 e. The molecule has 1 rings (SSSR count). The maximum atomic E-state index is 9.69. The number of halogens is 2. The molecule has 0 saturated heterocycles. The number of aliphatic hydroxyl groups is 1. The van der Waals surface area contributed by atoms with Gasteiger partial charge in [-0.1, -0.05) is 17.7 Å². The molecule has 1 unspecified atom stereocenters. The third-order valence-electron chi connectivity index (χ3n) is 1.71. The van der Waals surface area contributed by atoms with Gasteiger partial charge in [0.1, 0.15) is 0 Å². The summed E-state index contributed by atoms with van der Waals surface area (Å²) in [6, 6.07) is 5.50. The van der Waals surface area contributed by atoms with E-state index in [1.165, 1.54) is 0 Å². The summed E-state index contributed by atoms with van der Waals surface area (Å²) >= 11 is 8.00. The van der Waals surface area contributed by atoms with Crippen molar-refractivity contribution in [1.82, 2.24) is 0 Å². The summed E-state index contributed by atoms with van der Waals surface area (Å²) in [4.78, 5) is 0. The molecular weight excluding hydrogens is 298 g/mol. The van der Waals surface area contributed by atoms with Crippen LogP contribution in [0.25, 0.3) is 0 Å². The lowest BCUT2D eigenvalue weighted by atomic mass is 10.1. The Morgan fingerprint density at radius 3 is 2.92 bits per heavy atom. The molecule has 1 aromatic rings. The predicted molar refractivity (Wildman–Crippen MR) is 63.9 cm³/mol. The van der Waals surface area contributed by atoms with Crippen LogP contribution in [0.1, 0.15) is 18.1 Å². The van der Waals surface area contributed by atoms with E-state index in [1.807, 2.05) is 12.1 Å². The van der Waals surface area contributed by atoms with Crippen molar-refractivity contribution in [2.24, 2.45) is 0 Å². The lowest BCUT2D eigenvalue weighted by Crippen LogP contribution is -1.98. The van der Waals surface area contributed by atoms with Gasteiger partial charge in [0.25, 0.3) is 0 Å². The van der Waals surface area contributed by atoms with E-state index >= 15 is 0 Å². The second kappa shape index (κ2) is 4.98. The van der Waals surface area contributed by atoms with Crippen LogP contribution in [0.15, 0.2) is 30.9 Å². The molecule has 0 spiro atoms. The van der Waals surface area contributed by atoms with Crippen LogP contribution < -0.4 is 0 Å². The van der Waals surface area contributed by atoms with E-state index in [9.17, 15) is 5.11 Å². The van der Waals surface area contributed by atoms with E-state index in [-0.39, 0.29) is 0 Å². The minimum Gasteiger partial charge on any atom is -0.388 e. The van der Waals surface area contributed by atoms with Gasteiger partial charge in [-0.15, -0.1) is 6.58 Å². The molecule has 0 fully saturated rings. The summed E-state index contributed by atoms with van der Waals surface area (Å²) in [6.45, 7) is 3.58. The van der Waals surface area contributed by atoms with Crippen molar-refractivity contribution in [2.75, 3.05) is 0 Å². The van der Waals surface area contributed by atoms with E-state index in [0.29, 0.717) is 11.4 Å². The molecule has 0 aliphatic rings. The number of benzene rings is 1. The Hall–Kier alpha value is -0.0600. The van der Waals surface area contributed by atoms with Gasteiger partial charge in [-0.05, 0) is 52.8 Å². The number of hydrogen-bond donors (Lipinski definition) is 1. The molecule has 1 atom stereocenters. The second-order valence-electron chi connectivity index (χ2n) is 2.71. The van der Waals surface area contributed by atoms with Crippen molar-refractivity contribution in [2.45, 2.75) is 12.5 Å². The van der Waals surface area contributed by atoms with Crippen LogP contribution >= 0.6 is 34.2 Å². The van der Waals surface area contributed by atoms with Crippen molar-refractivity contribution in [3.8, 4) is 0 Å². The Balaban J connectivity index is 2.97. The van der Waals surface area contributed by atoms with Gasteiger partial charge in [0.05, 0.1) is 6.10 Å². The Morgan fingerprint density at radius 1 is 1.62 bits per heavy atom. The SMILES string of the molecule is C=CCC(O)c1cc(Cl)ccc1I. The van der Waals surface area contributed by atoms with Crippen LogP contribution in [0.2, 0.25) is 5.02 Å². The van der Waals surface area contributed by atoms with Gasteiger partial charge in [-0.2, -0.15) is 0 Å². The summed E-state index contributed by atoms with van der Waals surface area (Å²) in [5, 5.41) is 10.3. The van der Waals surface area contributed by atoms with Gasteiger partial charge in [-0.3, -0.25) is 0 Å². The molecule has 0 aliphatic heterocycles. The van der Waals surface area contributed by atoms with Gasteiger partial charge < -0.3 is 5.11 Å². The molecule has 0 aromatic heterocycles. The van der Waals surface area contributed by atoms with Crippen LogP contribution in [-0.4, -0.2) is 5.11 Å². The zero-order chi connectivity index (χ0) is 9.84. The van der Waals surface area contributed by atoms with E-state index < -0.39 is 6.10 Å². The lowest BCUT2D eigenvalue weighted by Gasteiger charge is -2.10. The zero-order valence-electron chi connectivity index (χ0n) is 7.00. The molecule has 0 amide bonds. The average molecular weight is 309 g/mol. The van der Waals surface area contributed by atoms with Gasteiger partial charge >= 0.3 is 0 Å². The van der Waals surface area contributed by atoms with Gasteiger partial charge in [-0.25, -0.2) is 0 Å². The van der Waals surface area contributed by atoms with Crippen LogP contribution in [0.4, 0.5) is 0 Å². The second-order valence-corrected chi connectivity index (χ2v) is 4.30. The first kappa shape index (κ1) is 11.0. The van der Waals surface area contributed by atoms with Gasteiger partial charge in [0.2, 0.25) is 0 Å². The third-order valence-corrected chi connectivity index (χ3v) is 2.92. The molecule has 1 aromatic carbocycles. The van der Waals surface area contributed by atoms with Crippen LogP contribution in [0, 0.1) is 3.57 Å². The highest BCUT2D eigenvalue weighted by molar-refractivity contribution is 14.1. The van der Waals surface area contributed by atoms with E-state index in [1.54, 1.807) is 12.1 Å². The van der Waals surface area contributed by atoms with Crippen molar-refractivity contribution in [3.05, 3.63) is 45.0 Å². The van der Waals surface area contributed by atoms with Crippen molar-refractivity contribution >= 4 is 34.2 Å². The van der Waals surface area contributed by atoms with E-state index in [0.717, 1.165) is 9.13 Å². The first-order valence-electron chi connectivity index (χ1n) is 3.89. The van der Waals surface area contributed by atoms with Crippen LogP contribution in [0.3, 0.4) is 0 Å². The van der Waals surface area contributed by atoms with Gasteiger partial charge in [0.15, 0.2) is 0 Å². The fraction of sp³-hybridized carbons (Fsp3) is 0.200. The Labute approximate surface area is 96.6 Å². The fourth-order valence-corrected chi connectivity index (χ4v) is 1.93. The summed E-state index contributed by atoms with van der Waals surface area (Å²) in [7, 11) is 0.